The van der Waals surface area contributed by atoms with Crippen LogP contribution in [0, 0.1) is 18.7 Å². The van der Waals surface area contributed by atoms with Crippen molar-refractivity contribution in [1.82, 2.24) is 0 Å². The second kappa shape index (κ2) is 6.14. The van der Waals surface area contributed by atoms with Crippen molar-refractivity contribution < 1.29 is 19.1 Å². The van der Waals surface area contributed by atoms with Gasteiger partial charge in [0.15, 0.2) is 0 Å². The van der Waals surface area contributed by atoms with E-state index in [4.69, 9.17) is 5.11 Å². The lowest BCUT2D eigenvalue weighted by Crippen LogP contribution is -2.17. The van der Waals surface area contributed by atoms with Crippen LogP contribution in [-0.2, 0) is 9.59 Å². The van der Waals surface area contributed by atoms with E-state index in [0.29, 0.717) is 5.69 Å². The van der Waals surface area contributed by atoms with Crippen molar-refractivity contribution in [3.8, 4) is 0 Å². The third kappa shape index (κ3) is 4.53. The zero-order chi connectivity index (χ0) is 13.7. The molecule has 0 heterocycles. The molecule has 1 amide bonds. The number of aliphatic carboxylic acids is 1. The quantitative estimate of drug-likeness (QED) is 0.847. The van der Waals surface area contributed by atoms with Crippen molar-refractivity contribution in [1.29, 1.82) is 0 Å². The van der Waals surface area contributed by atoms with Gasteiger partial charge in [0, 0.05) is 18.5 Å². The van der Waals surface area contributed by atoms with E-state index in [1.165, 1.54) is 12.1 Å². The van der Waals surface area contributed by atoms with Gasteiger partial charge in [-0.15, -0.1) is 0 Å². The Morgan fingerprint density at radius 3 is 2.67 bits per heavy atom. The summed E-state index contributed by atoms with van der Waals surface area (Å²) in [5.41, 5.74) is 1.18. The molecule has 0 aliphatic rings. The number of anilines is 1. The molecule has 0 aromatic heterocycles. The SMILES string of the molecule is Cc1ccc(F)cc1NC(=O)CC(C)CC(=O)O. The topological polar surface area (TPSA) is 66.4 Å². The number of hydrogen-bond donors (Lipinski definition) is 2. The Balaban J connectivity index is 2.59. The highest BCUT2D eigenvalue weighted by atomic mass is 19.1. The molecular weight excluding hydrogens is 237 g/mol. The molecule has 0 spiro atoms. The maximum Gasteiger partial charge on any atom is 0.303 e. The Labute approximate surface area is 105 Å². The highest BCUT2D eigenvalue weighted by Crippen LogP contribution is 2.17. The van der Waals surface area contributed by atoms with E-state index in [0.717, 1.165) is 5.56 Å². The Morgan fingerprint density at radius 1 is 1.39 bits per heavy atom. The van der Waals surface area contributed by atoms with Gasteiger partial charge in [-0.05, 0) is 30.5 Å². The molecule has 0 aliphatic heterocycles. The summed E-state index contributed by atoms with van der Waals surface area (Å²) in [5.74, 6) is -1.92. The molecule has 18 heavy (non-hydrogen) atoms. The number of carbonyl (C=O) groups excluding carboxylic acids is 1. The summed E-state index contributed by atoms with van der Waals surface area (Å²) in [5, 5.41) is 11.2. The standard InChI is InChI=1S/C13H16FNO3/c1-8(6-13(17)18)5-12(16)15-11-7-10(14)4-3-9(11)2/h3-4,7-8H,5-6H2,1-2H3,(H,15,16)(H,17,18). The molecule has 5 heteroatoms. The van der Waals surface area contributed by atoms with Crippen LogP contribution in [0.25, 0.3) is 0 Å². The van der Waals surface area contributed by atoms with Crippen LogP contribution in [-0.4, -0.2) is 17.0 Å². The molecular formula is C13H16FNO3. The van der Waals surface area contributed by atoms with Gasteiger partial charge in [0.1, 0.15) is 5.82 Å². The predicted molar refractivity (Wildman–Crippen MR) is 65.8 cm³/mol. The van der Waals surface area contributed by atoms with Gasteiger partial charge in [0.05, 0.1) is 0 Å². The summed E-state index contributed by atoms with van der Waals surface area (Å²) in [6.07, 6.45) is 0.0395. The predicted octanol–water partition coefficient (Wildman–Crippen LogP) is 2.57. The lowest BCUT2D eigenvalue weighted by Gasteiger charge is -2.11. The monoisotopic (exact) mass is 253 g/mol. The van der Waals surface area contributed by atoms with Crippen LogP contribution in [0.3, 0.4) is 0 Å². The highest BCUT2D eigenvalue weighted by Gasteiger charge is 2.13. The summed E-state index contributed by atoms with van der Waals surface area (Å²) in [6, 6.07) is 4.14. The summed E-state index contributed by atoms with van der Waals surface area (Å²) in [4.78, 5) is 22.1. The average Bonchev–Trinajstić information content (AvgIpc) is 2.21. The first-order valence-corrected chi connectivity index (χ1v) is 5.66. The van der Waals surface area contributed by atoms with Crippen LogP contribution in [0.4, 0.5) is 10.1 Å². The summed E-state index contributed by atoms with van der Waals surface area (Å²) in [6.45, 7) is 3.45. The van der Waals surface area contributed by atoms with Crippen LogP contribution >= 0.6 is 0 Å². The van der Waals surface area contributed by atoms with Gasteiger partial charge in [0.25, 0.3) is 0 Å². The van der Waals surface area contributed by atoms with Gasteiger partial charge < -0.3 is 10.4 Å². The Bertz CT molecular complexity index is 460. The molecule has 0 radical (unpaired) electrons. The van der Waals surface area contributed by atoms with Crippen LogP contribution in [0.2, 0.25) is 0 Å². The molecule has 0 aliphatic carbocycles. The zero-order valence-corrected chi connectivity index (χ0v) is 10.4. The Morgan fingerprint density at radius 2 is 2.06 bits per heavy atom. The molecule has 0 fully saturated rings. The Hall–Kier alpha value is -1.91. The summed E-state index contributed by atoms with van der Waals surface area (Å²) in [7, 11) is 0. The maximum absolute atomic E-state index is 13.0. The van der Waals surface area contributed by atoms with E-state index < -0.39 is 11.8 Å². The molecule has 98 valence electrons. The van der Waals surface area contributed by atoms with Gasteiger partial charge in [0.2, 0.25) is 5.91 Å². The normalized spacial score (nSPS) is 11.9. The first kappa shape index (κ1) is 14.2. The molecule has 1 rings (SSSR count). The lowest BCUT2D eigenvalue weighted by molar-refractivity contribution is -0.138. The number of carboxylic acid groups (broad SMARTS) is 1. The number of nitrogens with one attached hydrogen (secondary N) is 1. The van der Waals surface area contributed by atoms with E-state index in [-0.39, 0.29) is 24.7 Å². The fourth-order valence-electron chi connectivity index (χ4n) is 1.62. The number of rotatable bonds is 5. The van der Waals surface area contributed by atoms with Gasteiger partial charge in [-0.3, -0.25) is 9.59 Å². The van der Waals surface area contributed by atoms with E-state index in [1.807, 2.05) is 0 Å². The van der Waals surface area contributed by atoms with Gasteiger partial charge in [-0.2, -0.15) is 0 Å². The number of carbonyl (C=O) groups is 2. The highest BCUT2D eigenvalue weighted by molar-refractivity contribution is 5.91. The summed E-state index contributed by atoms with van der Waals surface area (Å²) < 4.78 is 13.0. The summed E-state index contributed by atoms with van der Waals surface area (Å²) >= 11 is 0. The molecule has 0 bridgehead atoms. The van der Waals surface area contributed by atoms with E-state index >= 15 is 0 Å². The van der Waals surface area contributed by atoms with Crippen molar-refractivity contribution in [3.05, 3.63) is 29.6 Å². The van der Waals surface area contributed by atoms with E-state index in [1.54, 1.807) is 19.9 Å². The second-order valence-corrected chi connectivity index (χ2v) is 4.41. The molecule has 0 saturated heterocycles. The smallest absolute Gasteiger partial charge is 0.303 e. The number of hydrogen-bond acceptors (Lipinski definition) is 2. The van der Waals surface area contributed by atoms with Crippen LogP contribution in [0.1, 0.15) is 25.3 Å². The molecule has 1 unspecified atom stereocenters. The van der Waals surface area contributed by atoms with Crippen molar-refractivity contribution in [2.75, 3.05) is 5.32 Å². The zero-order valence-electron chi connectivity index (χ0n) is 10.4. The van der Waals surface area contributed by atoms with Gasteiger partial charge in [-0.25, -0.2) is 4.39 Å². The number of aryl methyl sites for hydroxylation is 1. The van der Waals surface area contributed by atoms with Crippen molar-refractivity contribution in [2.45, 2.75) is 26.7 Å². The van der Waals surface area contributed by atoms with Crippen molar-refractivity contribution in [2.24, 2.45) is 5.92 Å². The Kier molecular flexibility index (Phi) is 4.83. The third-order valence-corrected chi connectivity index (χ3v) is 2.53. The fourth-order valence-corrected chi connectivity index (χ4v) is 1.62. The molecule has 1 aromatic carbocycles. The number of halogens is 1. The van der Waals surface area contributed by atoms with Crippen LogP contribution < -0.4 is 5.32 Å². The number of carboxylic acids is 1. The van der Waals surface area contributed by atoms with Crippen LogP contribution in [0.5, 0.6) is 0 Å². The molecule has 1 aromatic rings. The largest absolute Gasteiger partial charge is 0.481 e. The molecule has 2 N–H and O–H groups in total. The van der Waals surface area contributed by atoms with Gasteiger partial charge >= 0.3 is 5.97 Å². The first-order chi connectivity index (χ1) is 8.38. The van der Waals surface area contributed by atoms with Crippen LogP contribution in [0.15, 0.2) is 18.2 Å². The lowest BCUT2D eigenvalue weighted by atomic mass is 10.0. The van der Waals surface area contributed by atoms with E-state index in [2.05, 4.69) is 5.32 Å². The van der Waals surface area contributed by atoms with E-state index in [9.17, 15) is 14.0 Å². The minimum atomic E-state index is -0.933. The minimum Gasteiger partial charge on any atom is -0.481 e. The molecule has 4 nitrogen and oxygen atoms in total. The van der Waals surface area contributed by atoms with Crippen molar-refractivity contribution >= 4 is 17.6 Å². The number of amides is 1. The average molecular weight is 253 g/mol. The third-order valence-electron chi connectivity index (χ3n) is 2.53. The first-order valence-electron chi connectivity index (χ1n) is 5.66. The van der Waals surface area contributed by atoms with Crippen molar-refractivity contribution in [3.63, 3.8) is 0 Å². The fraction of sp³-hybridized carbons (Fsp3) is 0.385. The molecule has 1 atom stereocenters. The maximum atomic E-state index is 13.0. The van der Waals surface area contributed by atoms with Gasteiger partial charge in [-0.1, -0.05) is 13.0 Å². The molecule has 0 saturated carbocycles. The minimum absolute atomic E-state index is 0.0600. The second-order valence-electron chi connectivity index (χ2n) is 4.41. The number of benzene rings is 1.